The highest BCUT2D eigenvalue weighted by Gasteiger charge is 2.27. The minimum atomic E-state index is 0.205. The lowest BCUT2D eigenvalue weighted by atomic mass is 9.98. The van der Waals surface area contributed by atoms with E-state index in [1.165, 1.54) is 56.5 Å². The van der Waals surface area contributed by atoms with Gasteiger partial charge in [-0.25, -0.2) is 49.8 Å². The van der Waals surface area contributed by atoms with Crippen LogP contribution in [0.2, 0.25) is 26.4 Å². The van der Waals surface area contributed by atoms with Crippen molar-refractivity contribution in [3.05, 3.63) is 415 Å². The van der Waals surface area contributed by atoms with Crippen LogP contribution in [0.25, 0.3) is 265 Å². The monoisotopic (exact) mass is 1950 g/mol. The first-order valence-electron chi connectivity index (χ1n) is 45.0. The molecule has 18 aromatic carbocycles. The Bertz CT molecular complexity index is 10300. The first-order chi connectivity index (χ1) is 68.9. The van der Waals surface area contributed by atoms with Crippen LogP contribution in [-0.2, 0) is 0 Å². The van der Waals surface area contributed by atoms with Crippen molar-refractivity contribution in [2.24, 2.45) is 0 Å². The maximum absolute atomic E-state index is 6.46. The highest BCUT2D eigenvalue weighted by Crippen LogP contribution is 2.49. The smallest absolute Gasteiger partial charge is 0.223 e. The molecule has 0 amide bonds. The average Bonchev–Trinajstić information content (AvgIpc) is 1.56. The number of fused-ring (bicyclic) bond motifs is 31. The second-order valence-electron chi connectivity index (χ2n) is 33.7. The first-order valence-corrected chi connectivity index (χ1v) is 49.3. The van der Waals surface area contributed by atoms with Crippen molar-refractivity contribution in [3.63, 3.8) is 0 Å². The van der Waals surface area contributed by atoms with E-state index in [2.05, 4.69) is 291 Å². The zero-order chi connectivity index (χ0) is 93.3. The second kappa shape index (κ2) is 34.9. The molecule has 0 aliphatic carbocycles. The normalized spacial score (nSPS) is 11.8. The molecule has 12 heterocycles. The first kappa shape index (κ1) is 84.5. The summed E-state index contributed by atoms with van der Waals surface area (Å²) >= 11 is 36.8. The number of rotatable bonds is 6. The van der Waals surface area contributed by atoms with Gasteiger partial charge in [-0.2, -0.15) is 0 Å². The second-order valence-corrected chi connectivity index (χ2v) is 38.6. The van der Waals surface area contributed by atoms with Gasteiger partial charge in [-0.3, -0.25) is 0 Å². The number of thiophene rings is 3. The summed E-state index contributed by atoms with van der Waals surface area (Å²) in [5, 5.41) is 22.6. The quantitative estimate of drug-likeness (QED) is 0.114. The molecule has 0 fully saturated rings. The topological polar surface area (TPSA) is 173 Å². The van der Waals surface area contributed by atoms with Gasteiger partial charge in [0, 0.05) is 106 Å². The molecule has 0 aliphatic rings. The number of halogens is 5. The molecule has 0 radical (unpaired) electrons. The Balaban J connectivity index is 0.0000000907. The predicted molar refractivity (Wildman–Crippen MR) is 585 cm³/mol. The molecule has 140 heavy (non-hydrogen) atoms. The average molecular weight is 1960 g/mol. The van der Waals surface area contributed by atoms with E-state index in [0.717, 1.165) is 174 Å². The zero-order valence-corrected chi connectivity index (χ0v) is 79.4. The van der Waals surface area contributed by atoms with E-state index >= 15 is 0 Å². The molecular formula is C118H64Cl5N11O3S3. The van der Waals surface area contributed by atoms with Crippen LogP contribution in [0, 0.1) is 0 Å². The lowest BCUT2D eigenvalue weighted by Gasteiger charge is -2.08. The van der Waals surface area contributed by atoms with Crippen molar-refractivity contribution in [1.29, 1.82) is 0 Å². The standard InChI is InChI=1S/C28H16ClN3O.C26H13ClN2S2.2C24H13ClN2O.C16H9ClN2S/c29-28-30-25(27-26(31-28)20-11-5-7-13-24(20)33-27)17-14-15-23-21(16-17)19-10-4-6-12-22(19)32(23)18-8-2-1-3-9-18;27-26-28-23(15-10-11-20-18(13-15)17-7-3-4-8-19(17)30-20)25-24(29-26)22-16-6-2-1-5-14(16)9-12-21(22)31-25;25-24-26-20(17-10-9-14-5-1-2-7-16(14)13-17)23-21(27-24)19-12-11-15-6-3-4-8-18(15)22(19)28-23;25-24-26-20(14-8-2-1-3-9-14)23-21(27-24)19-17-12-6-4-10-15(17)16-11-5-7-13-18(16)22(19)28-23;17-16-18-13(10-6-2-1-3-7-10)15-14(19-16)11-8-4-5-9-12(11)20-15/h1-16H;1-13H;2*1-13H;1-9H. The maximum Gasteiger partial charge on any atom is 0.223 e. The van der Waals surface area contributed by atoms with Gasteiger partial charge in [0.15, 0.2) is 16.7 Å². The van der Waals surface area contributed by atoms with E-state index in [1.54, 1.807) is 22.7 Å². The molecule has 22 heteroatoms. The highest BCUT2D eigenvalue weighted by molar-refractivity contribution is 7.27. The fourth-order valence-electron chi connectivity index (χ4n) is 19.4. The fraction of sp³-hybridized carbons (Fsp3) is 0. The summed E-state index contributed by atoms with van der Waals surface area (Å²) in [7, 11) is 0. The Hall–Kier alpha value is -16.0. The fourth-order valence-corrected chi connectivity index (χ4v) is 23.7. The Kier molecular flexibility index (Phi) is 21.1. The van der Waals surface area contributed by atoms with Crippen molar-refractivity contribution >= 4 is 295 Å². The summed E-state index contributed by atoms with van der Waals surface area (Å²) < 4.78 is 28.4. The van der Waals surface area contributed by atoms with Crippen LogP contribution in [0.4, 0.5) is 0 Å². The summed E-state index contributed by atoms with van der Waals surface area (Å²) in [6.45, 7) is 0. The van der Waals surface area contributed by atoms with Crippen LogP contribution in [0.5, 0.6) is 0 Å². The molecule has 0 bridgehead atoms. The molecular weight excluding hydrogens is 1890 g/mol. The van der Waals surface area contributed by atoms with Crippen LogP contribution in [0.15, 0.2) is 401 Å². The summed E-state index contributed by atoms with van der Waals surface area (Å²) in [6, 6.07) is 133. The minimum Gasteiger partial charge on any atom is -0.452 e. The van der Waals surface area contributed by atoms with Gasteiger partial charge < -0.3 is 17.8 Å². The number of hydrogen-bond donors (Lipinski definition) is 0. The number of aromatic nitrogens is 11. The zero-order valence-electron chi connectivity index (χ0n) is 73.2. The molecule has 0 spiro atoms. The van der Waals surface area contributed by atoms with Crippen molar-refractivity contribution in [2.75, 3.05) is 0 Å². The maximum atomic E-state index is 6.46. The Morgan fingerprint density at radius 2 is 0.614 bits per heavy atom. The van der Waals surface area contributed by atoms with Gasteiger partial charge in [0.05, 0.1) is 48.2 Å². The molecule has 0 atom stereocenters. The Morgan fingerprint density at radius 1 is 0.200 bits per heavy atom. The number of benzene rings is 18. The summed E-state index contributed by atoms with van der Waals surface area (Å²) in [6.07, 6.45) is 0. The van der Waals surface area contributed by atoms with Crippen LogP contribution >= 0.6 is 92.0 Å². The van der Waals surface area contributed by atoms with Gasteiger partial charge in [-0.05, 0) is 186 Å². The molecule has 12 aromatic heterocycles. The van der Waals surface area contributed by atoms with E-state index in [9.17, 15) is 0 Å². The van der Waals surface area contributed by atoms with Crippen molar-refractivity contribution < 1.29 is 13.3 Å². The predicted octanol–water partition coefficient (Wildman–Crippen LogP) is 35.7. The highest BCUT2D eigenvalue weighted by atomic mass is 35.5. The van der Waals surface area contributed by atoms with Crippen molar-refractivity contribution in [1.82, 2.24) is 54.4 Å². The lowest BCUT2D eigenvalue weighted by Crippen LogP contribution is -1.93. The molecule has 0 saturated heterocycles. The van der Waals surface area contributed by atoms with Gasteiger partial charge in [0.2, 0.25) is 26.4 Å². The van der Waals surface area contributed by atoms with E-state index in [0.29, 0.717) is 39.1 Å². The van der Waals surface area contributed by atoms with Crippen molar-refractivity contribution in [2.45, 2.75) is 0 Å². The molecule has 30 rings (SSSR count). The van der Waals surface area contributed by atoms with Gasteiger partial charge in [-0.15, -0.1) is 34.0 Å². The van der Waals surface area contributed by atoms with Gasteiger partial charge in [0.1, 0.15) is 50.4 Å². The number of nitrogens with zero attached hydrogens (tertiary/aromatic N) is 11. The molecule has 14 nitrogen and oxygen atoms in total. The van der Waals surface area contributed by atoms with Crippen molar-refractivity contribution in [3.8, 4) is 62.0 Å². The van der Waals surface area contributed by atoms with Crippen LogP contribution in [0.1, 0.15) is 0 Å². The largest absolute Gasteiger partial charge is 0.452 e. The summed E-state index contributed by atoms with van der Waals surface area (Å²) in [4.78, 5) is 45.3. The van der Waals surface area contributed by atoms with Gasteiger partial charge >= 0.3 is 0 Å². The Labute approximate surface area is 831 Å². The molecule has 0 N–H and O–H groups in total. The molecule has 0 unspecified atom stereocenters. The molecule has 0 aliphatic heterocycles. The third kappa shape index (κ3) is 14.7. The Morgan fingerprint density at radius 3 is 1.33 bits per heavy atom. The van der Waals surface area contributed by atoms with E-state index < -0.39 is 0 Å². The number of hydrogen-bond acceptors (Lipinski definition) is 16. The number of furan rings is 3. The lowest BCUT2D eigenvalue weighted by molar-refractivity contribution is 0.667. The molecule has 30 aromatic rings. The summed E-state index contributed by atoms with van der Waals surface area (Å²) in [5.41, 5.74) is 20.8. The van der Waals surface area contributed by atoms with E-state index in [4.69, 9.17) is 71.3 Å². The third-order valence-corrected chi connectivity index (χ3v) is 29.9. The van der Waals surface area contributed by atoms with Crippen LogP contribution in [-0.4, -0.2) is 54.4 Å². The SMILES string of the molecule is Clc1nc(-c2ccc3c(c2)c2ccccc2n3-c2ccccc2)c2oc3ccccc3c2n1.Clc1nc(-c2ccc3ccccc3c2)c2oc3c4ccccc4ccc3c2n1.Clc1nc(-c2ccc3sc4ccccc4c3c2)c2sc3ccc4ccccc4c3c2n1.Clc1nc(-c2ccccc2)c2oc3c4ccccc4c4ccccc4c3c2n1.Clc1nc(-c2ccccc2)c2sc3ccccc3c2n1. The number of para-hydroxylation sites is 3. The molecule has 662 valence electrons. The van der Waals surface area contributed by atoms with Crippen LogP contribution < -0.4 is 0 Å². The minimum absolute atomic E-state index is 0.205. The molecule has 0 saturated carbocycles. The third-order valence-electron chi connectivity index (χ3n) is 25.6. The summed E-state index contributed by atoms with van der Waals surface area (Å²) in [5.74, 6) is 0. The van der Waals surface area contributed by atoms with E-state index in [-0.39, 0.29) is 21.1 Å². The van der Waals surface area contributed by atoms with Gasteiger partial charge in [0.25, 0.3) is 0 Å². The van der Waals surface area contributed by atoms with Gasteiger partial charge in [-0.1, -0.05) is 303 Å². The van der Waals surface area contributed by atoms with E-state index in [1.807, 2.05) is 163 Å². The van der Waals surface area contributed by atoms with Crippen LogP contribution in [0.3, 0.4) is 0 Å².